The molecule has 1 N–H and O–H groups in total. The van der Waals surface area contributed by atoms with Gasteiger partial charge in [-0.25, -0.2) is 8.42 Å². The molecule has 0 aromatic heterocycles. The molecule has 16 heavy (non-hydrogen) atoms. The van der Waals surface area contributed by atoms with Crippen molar-refractivity contribution in [3.05, 3.63) is 0 Å². The van der Waals surface area contributed by atoms with Gasteiger partial charge in [0.05, 0.1) is 24.0 Å². The summed E-state index contributed by atoms with van der Waals surface area (Å²) in [5.41, 5.74) is -0.445. The molecular formula is C10H22N2O3S. The molecular weight excluding hydrogens is 228 g/mol. The van der Waals surface area contributed by atoms with Crippen LogP contribution in [0.3, 0.4) is 0 Å². The first-order chi connectivity index (χ1) is 7.32. The molecule has 0 aromatic carbocycles. The maximum absolute atomic E-state index is 12.3. The zero-order chi connectivity index (χ0) is 12.4. The van der Waals surface area contributed by atoms with E-state index in [9.17, 15) is 8.42 Å². The van der Waals surface area contributed by atoms with Gasteiger partial charge in [0.25, 0.3) is 0 Å². The van der Waals surface area contributed by atoms with Crippen LogP contribution in [0.1, 0.15) is 20.8 Å². The number of hydrogen-bond acceptors (Lipinski definition) is 4. The van der Waals surface area contributed by atoms with Crippen LogP contribution in [0, 0.1) is 0 Å². The summed E-state index contributed by atoms with van der Waals surface area (Å²) in [6.45, 7) is 7.38. The van der Waals surface area contributed by atoms with Crippen molar-refractivity contribution in [3.8, 4) is 0 Å². The van der Waals surface area contributed by atoms with E-state index in [-0.39, 0.29) is 0 Å². The van der Waals surface area contributed by atoms with Gasteiger partial charge >= 0.3 is 0 Å². The maximum atomic E-state index is 12.3. The van der Waals surface area contributed by atoms with Crippen molar-refractivity contribution in [1.82, 2.24) is 9.62 Å². The number of sulfonamides is 1. The summed E-state index contributed by atoms with van der Waals surface area (Å²) >= 11 is 0. The summed E-state index contributed by atoms with van der Waals surface area (Å²) in [6, 6.07) is 0. The first kappa shape index (κ1) is 13.9. The van der Waals surface area contributed by atoms with Crippen LogP contribution in [0.2, 0.25) is 0 Å². The number of nitrogens with zero attached hydrogens (tertiary/aromatic N) is 1. The van der Waals surface area contributed by atoms with Crippen molar-refractivity contribution >= 4 is 10.0 Å². The molecule has 0 saturated carbocycles. The van der Waals surface area contributed by atoms with Crippen LogP contribution in [0.5, 0.6) is 0 Å². The van der Waals surface area contributed by atoms with Crippen LogP contribution in [0.25, 0.3) is 0 Å². The van der Waals surface area contributed by atoms with Crippen LogP contribution < -0.4 is 5.32 Å². The Labute approximate surface area is 98.2 Å². The predicted molar refractivity (Wildman–Crippen MR) is 63.9 cm³/mol. The first-order valence-corrected chi connectivity index (χ1v) is 7.06. The molecule has 1 fully saturated rings. The van der Waals surface area contributed by atoms with Gasteiger partial charge in [-0.3, -0.25) is 0 Å². The molecule has 1 rings (SSSR count). The van der Waals surface area contributed by atoms with Crippen LogP contribution in [0.15, 0.2) is 0 Å². The maximum Gasteiger partial charge on any atom is 0.218 e. The second-order valence-corrected chi connectivity index (χ2v) is 7.13. The zero-order valence-electron chi connectivity index (χ0n) is 10.5. The van der Waals surface area contributed by atoms with Crippen molar-refractivity contribution in [1.29, 1.82) is 0 Å². The molecule has 0 bridgehead atoms. The van der Waals surface area contributed by atoms with Gasteiger partial charge in [-0.05, 0) is 27.8 Å². The highest BCUT2D eigenvalue weighted by Gasteiger charge is 2.41. The minimum absolute atomic E-state index is 0.408. The Balaban J connectivity index is 2.89. The van der Waals surface area contributed by atoms with Crippen LogP contribution in [0.4, 0.5) is 0 Å². The van der Waals surface area contributed by atoms with E-state index in [1.165, 1.54) is 0 Å². The Morgan fingerprint density at radius 1 is 1.50 bits per heavy atom. The van der Waals surface area contributed by atoms with Gasteiger partial charge in [0, 0.05) is 13.1 Å². The monoisotopic (exact) mass is 250 g/mol. The van der Waals surface area contributed by atoms with E-state index >= 15 is 0 Å². The lowest BCUT2D eigenvalue weighted by atomic mass is 10.1. The van der Waals surface area contributed by atoms with E-state index in [0.717, 1.165) is 0 Å². The largest absolute Gasteiger partial charge is 0.378 e. The number of ether oxygens (including phenoxy) is 1. The Bertz CT molecular complexity index is 327. The highest BCUT2D eigenvalue weighted by Crippen LogP contribution is 2.24. The van der Waals surface area contributed by atoms with E-state index in [1.54, 1.807) is 18.3 Å². The fourth-order valence-electron chi connectivity index (χ4n) is 1.93. The molecule has 1 unspecified atom stereocenters. The van der Waals surface area contributed by atoms with E-state index in [0.29, 0.717) is 26.3 Å². The molecule has 0 aromatic rings. The molecule has 1 saturated heterocycles. The predicted octanol–water partition coefficient (Wildman–Crippen LogP) is 0.0349. The Morgan fingerprint density at radius 3 is 2.62 bits per heavy atom. The quantitative estimate of drug-likeness (QED) is 0.765. The van der Waals surface area contributed by atoms with Crippen molar-refractivity contribution in [2.45, 2.75) is 31.6 Å². The number of morpholine rings is 1. The smallest absolute Gasteiger partial charge is 0.218 e. The lowest BCUT2D eigenvalue weighted by Gasteiger charge is -2.42. The van der Waals surface area contributed by atoms with E-state index in [1.807, 2.05) is 13.8 Å². The number of rotatable bonds is 4. The van der Waals surface area contributed by atoms with Gasteiger partial charge in [0.2, 0.25) is 10.0 Å². The van der Waals surface area contributed by atoms with Crippen molar-refractivity contribution in [2.75, 3.05) is 33.4 Å². The topological polar surface area (TPSA) is 58.6 Å². The Morgan fingerprint density at radius 2 is 2.12 bits per heavy atom. The average Bonchev–Trinajstić information content (AvgIpc) is 2.16. The molecule has 5 nitrogen and oxygen atoms in total. The first-order valence-electron chi connectivity index (χ1n) is 5.56. The summed E-state index contributed by atoms with van der Waals surface area (Å²) in [5.74, 6) is 0. The third-order valence-corrected chi connectivity index (χ3v) is 5.35. The van der Waals surface area contributed by atoms with E-state index < -0.39 is 20.8 Å². The fourth-order valence-corrected chi connectivity index (χ4v) is 3.81. The van der Waals surface area contributed by atoms with Crippen LogP contribution in [-0.4, -0.2) is 56.9 Å². The minimum atomic E-state index is -3.24. The SMILES string of the molecule is CNCC(C)S(=O)(=O)N1CCOCC1(C)C. The van der Waals surface area contributed by atoms with Gasteiger partial charge < -0.3 is 10.1 Å². The highest BCUT2D eigenvalue weighted by molar-refractivity contribution is 7.89. The molecule has 96 valence electrons. The van der Waals surface area contributed by atoms with Crippen LogP contribution in [-0.2, 0) is 14.8 Å². The summed E-state index contributed by atoms with van der Waals surface area (Å²) in [5, 5.41) is 2.50. The number of nitrogens with one attached hydrogen (secondary N) is 1. The van der Waals surface area contributed by atoms with Gasteiger partial charge in [-0.15, -0.1) is 0 Å². The molecule has 1 aliphatic heterocycles. The number of hydrogen-bond donors (Lipinski definition) is 1. The second-order valence-electron chi connectivity index (χ2n) is 4.85. The fraction of sp³-hybridized carbons (Fsp3) is 1.00. The van der Waals surface area contributed by atoms with Crippen LogP contribution >= 0.6 is 0 Å². The van der Waals surface area contributed by atoms with Gasteiger partial charge in [0.15, 0.2) is 0 Å². The molecule has 6 heteroatoms. The minimum Gasteiger partial charge on any atom is -0.378 e. The Hall–Kier alpha value is -0.170. The third-order valence-electron chi connectivity index (χ3n) is 2.88. The highest BCUT2D eigenvalue weighted by atomic mass is 32.2. The average molecular weight is 250 g/mol. The molecule has 0 spiro atoms. The molecule has 0 amide bonds. The van der Waals surface area contributed by atoms with Crippen molar-refractivity contribution < 1.29 is 13.2 Å². The van der Waals surface area contributed by atoms with E-state index in [2.05, 4.69) is 5.32 Å². The summed E-state index contributed by atoms with van der Waals surface area (Å²) in [4.78, 5) is 0. The van der Waals surface area contributed by atoms with Gasteiger partial charge in [-0.1, -0.05) is 0 Å². The third kappa shape index (κ3) is 2.74. The van der Waals surface area contributed by atoms with Gasteiger partial charge in [0.1, 0.15) is 0 Å². The summed E-state index contributed by atoms with van der Waals surface area (Å²) in [7, 11) is -1.48. The van der Waals surface area contributed by atoms with E-state index in [4.69, 9.17) is 4.74 Å². The molecule has 0 radical (unpaired) electrons. The standard InChI is InChI=1S/C10H22N2O3S/c1-9(7-11-4)16(13,14)12-5-6-15-8-10(12,2)3/h9,11H,5-8H2,1-4H3. The molecule has 1 atom stereocenters. The summed E-state index contributed by atoms with van der Waals surface area (Å²) in [6.07, 6.45) is 0. The van der Waals surface area contributed by atoms with Crippen molar-refractivity contribution in [2.24, 2.45) is 0 Å². The second kappa shape index (κ2) is 5.00. The molecule has 1 heterocycles. The molecule has 0 aliphatic carbocycles. The van der Waals surface area contributed by atoms with Crippen molar-refractivity contribution in [3.63, 3.8) is 0 Å². The lowest BCUT2D eigenvalue weighted by Crippen LogP contribution is -2.58. The summed E-state index contributed by atoms with van der Waals surface area (Å²) < 4.78 is 31.5. The Kier molecular flexibility index (Phi) is 4.34. The van der Waals surface area contributed by atoms with Gasteiger partial charge in [-0.2, -0.15) is 4.31 Å². The molecule has 1 aliphatic rings. The zero-order valence-corrected chi connectivity index (χ0v) is 11.3. The normalized spacial score (nSPS) is 24.2. The lowest BCUT2D eigenvalue weighted by molar-refractivity contribution is -0.00808.